The van der Waals surface area contributed by atoms with Crippen molar-refractivity contribution in [1.29, 1.82) is 0 Å². The second-order valence-corrected chi connectivity index (χ2v) is 9.51. The fourth-order valence-electron chi connectivity index (χ4n) is 5.29. The second-order valence-electron chi connectivity index (χ2n) is 9.51. The fourth-order valence-corrected chi connectivity index (χ4v) is 5.29. The molecule has 2 heterocycles. The highest BCUT2D eigenvalue weighted by Crippen LogP contribution is 2.50. The molecular formula is C24H35NO4. The van der Waals surface area contributed by atoms with Gasteiger partial charge in [0.2, 0.25) is 5.60 Å². The summed E-state index contributed by atoms with van der Waals surface area (Å²) in [7, 11) is 0. The minimum Gasteiger partial charge on any atom is -0.444 e. The number of ether oxygens (including phenoxy) is 1. The summed E-state index contributed by atoms with van der Waals surface area (Å²) in [4.78, 5) is 26.2. The van der Waals surface area contributed by atoms with Crippen molar-refractivity contribution in [1.82, 2.24) is 5.32 Å². The molecule has 3 rings (SSSR count). The van der Waals surface area contributed by atoms with Crippen LogP contribution in [0.4, 0.5) is 0 Å². The molecule has 160 valence electrons. The molecule has 0 aromatic carbocycles. The molecule has 2 aliphatic heterocycles. The summed E-state index contributed by atoms with van der Waals surface area (Å²) in [5.74, 6) is -0.632. The molecule has 6 atom stereocenters. The van der Waals surface area contributed by atoms with E-state index in [1.807, 2.05) is 0 Å². The maximum Gasteiger partial charge on any atom is 0.331 e. The zero-order chi connectivity index (χ0) is 21.3. The molecule has 0 radical (unpaired) electrons. The van der Waals surface area contributed by atoms with Gasteiger partial charge in [-0.3, -0.25) is 4.79 Å². The minimum atomic E-state index is -1.24. The number of allylic oxidation sites excluding steroid dienone is 2. The molecule has 0 bridgehead atoms. The Morgan fingerprint density at radius 1 is 1.28 bits per heavy atom. The highest BCUT2D eigenvalue weighted by molar-refractivity contribution is 5.94. The summed E-state index contributed by atoms with van der Waals surface area (Å²) >= 11 is 0. The van der Waals surface area contributed by atoms with Crippen molar-refractivity contribution in [3.8, 4) is 0 Å². The Labute approximate surface area is 174 Å². The minimum absolute atomic E-state index is 0.0346. The van der Waals surface area contributed by atoms with Crippen LogP contribution in [0.15, 0.2) is 35.5 Å². The molecular weight excluding hydrogens is 366 g/mol. The lowest BCUT2D eigenvalue weighted by atomic mass is 9.63. The maximum absolute atomic E-state index is 13.4. The maximum atomic E-state index is 13.4. The van der Waals surface area contributed by atoms with Crippen LogP contribution in [0.25, 0.3) is 0 Å². The highest BCUT2D eigenvalue weighted by atomic mass is 16.6. The Hall–Kier alpha value is -1.88. The molecule has 0 aromatic heterocycles. The molecule has 0 saturated carbocycles. The van der Waals surface area contributed by atoms with Crippen molar-refractivity contribution in [3.63, 3.8) is 0 Å². The van der Waals surface area contributed by atoms with Crippen molar-refractivity contribution in [3.05, 3.63) is 35.5 Å². The van der Waals surface area contributed by atoms with Crippen LogP contribution in [-0.2, 0) is 14.3 Å². The van der Waals surface area contributed by atoms with Gasteiger partial charge in [0.25, 0.3) is 5.91 Å². The lowest BCUT2D eigenvalue weighted by molar-refractivity contribution is -0.172. The van der Waals surface area contributed by atoms with Gasteiger partial charge in [0, 0.05) is 24.0 Å². The Kier molecular flexibility index (Phi) is 6.37. The van der Waals surface area contributed by atoms with E-state index in [1.54, 1.807) is 0 Å². The zero-order valence-electron chi connectivity index (χ0n) is 18.3. The van der Waals surface area contributed by atoms with Gasteiger partial charge >= 0.3 is 5.97 Å². The number of carbonyl (C=O) groups is 2. The number of nitrogens with one attached hydrogen (secondary N) is 1. The van der Waals surface area contributed by atoms with E-state index in [9.17, 15) is 14.7 Å². The summed E-state index contributed by atoms with van der Waals surface area (Å²) in [6.07, 6.45) is 9.40. The first-order valence-electron chi connectivity index (χ1n) is 10.9. The predicted octanol–water partition coefficient (Wildman–Crippen LogP) is 3.69. The number of aliphatic hydroxyl groups excluding tert-OH is 1. The van der Waals surface area contributed by atoms with E-state index in [1.165, 1.54) is 17.7 Å². The van der Waals surface area contributed by atoms with E-state index in [4.69, 9.17) is 4.74 Å². The summed E-state index contributed by atoms with van der Waals surface area (Å²) in [6, 6.07) is -0.0346. The molecule has 5 nitrogen and oxygen atoms in total. The van der Waals surface area contributed by atoms with Gasteiger partial charge < -0.3 is 15.2 Å². The Balaban J connectivity index is 2.13. The monoisotopic (exact) mass is 401 g/mol. The van der Waals surface area contributed by atoms with E-state index >= 15 is 0 Å². The number of esters is 1. The number of carbonyl (C=O) groups excluding carboxylic acids is 2. The lowest BCUT2D eigenvalue weighted by Gasteiger charge is -2.45. The molecule has 1 saturated heterocycles. The van der Waals surface area contributed by atoms with Crippen molar-refractivity contribution in [2.45, 2.75) is 78.0 Å². The molecule has 29 heavy (non-hydrogen) atoms. The first-order chi connectivity index (χ1) is 13.6. The summed E-state index contributed by atoms with van der Waals surface area (Å²) in [5.41, 5.74) is 1.14. The smallest absolute Gasteiger partial charge is 0.331 e. The third-order valence-corrected chi connectivity index (χ3v) is 6.78. The average Bonchev–Trinajstić information content (AvgIpc) is 2.89. The van der Waals surface area contributed by atoms with Gasteiger partial charge in [-0.15, -0.1) is 0 Å². The van der Waals surface area contributed by atoms with Crippen LogP contribution < -0.4 is 5.32 Å². The van der Waals surface area contributed by atoms with Crippen LogP contribution in [-0.4, -0.2) is 34.7 Å². The molecule has 0 aromatic rings. The van der Waals surface area contributed by atoms with Crippen LogP contribution in [0.1, 0.15) is 60.3 Å². The van der Waals surface area contributed by atoms with Gasteiger partial charge in [-0.2, -0.15) is 0 Å². The quantitative estimate of drug-likeness (QED) is 0.547. The van der Waals surface area contributed by atoms with Gasteiger partial charge in [-0.25, -0.2) is 4.79 Å². The SMILES string of the molecule is CC1=C[C@@H]2/C=C(/C)CCC[C@H](O)/C=C/C(=O)O[C@]23C(=O)N[C@H](CC(C)C)[C@@H]3[C@H]1C. The van der Waals surface area contributed by atoms with Crippen molar-refractivity contribution in [2.24, 2.45) is 23.7 Å². The topological polar surface area (TPSA) is 75.6 Å². The van der Waals surface area contributed by atoms with Crippen LogP contribution in [0.5, 0.6) is 0 Å². The average molecular weight is 402 g/mol. The number of hydrogen-bond donors (Lipinski definition) is 2. The van der Waals surface area contributed by atoms with Crippen molar-refractivity contribution in [2.75, 3.05) is 0 Å². The zero-order valence-corrected chi connectivity index (χ0v) is 18.3. The van der Waals surface area contributed by atoms with E-state index < -0.39 is 17.7 Å². The fraction of sp³-hybridized carbons (Fsp3) is 0.667. The lowest BCUT2D eigenvalue weighted by Crippen LogP contribution is -2.56. The van der Waals surface area contributed by atoms with E-state index in [0.717, 1.165) is 24.8 Å². The number of hydrogen-bond acceptors (Lipinski definition) is 4. The van der Waals surface area contributed by atoms with Crippen molar-refractivity contribution >= 4 is 11.9 Å². The number of amides is 1. The van der Waals surface area contributed by atoms with E-state index in [-0.39, 0.29) is 29.7 Å². The first kappa shape index (κ1) is 21.8. The molecule has 2 N–H and O–H groups in total. The molecule has 3 aliphatic rings. The third kappa shape index (κ3) is 4.20. The third-order valence-electron chi connectivity index (χ3n) is 6.78. The molecule has 1 aliphatic carbocycles. The van der Waals surface area contributed by atoms with Crippen LogP contribution in [0, 0.1) is 23.7 Å². The standard InChI is InChI=1S/C24H35NO4/c1-14(2)11-20-22-17(5)16(4)13-18-12-15(3)7-6-8-19(26)9-10-21(27)29-24(18,22)23(28)25-20/h9-10,12-14,17-20,22,26H,6-8,11H2,1-5H3,(H,25,28)/b10-9+,15-12-/t17-,18-,19-,20+,22-,24+/m0/s1. The Morgan fingerprint density at radius 3 is 2.69 bits per heavy atom. The van der Waals surface area contributed by atoms with E-state index in [2.05, 4.69) is 52.1 Å². The molecule has 1 spiro atoms. The first-order valence-corrected chi connectivity index (χ1v) is 10.9. The summed E-state index contributed by atoms with van der Waals surface area (Å²) in [5, 5.41) is 13.3. The van der Waals surface area contributed by atoms with Crippen molar-refractivity contribution < 1.29 is 19.4 Å². The molecule has 0 unspecified atom stereocenters. The molecule has 1 amide bonds. The van der Waals surface area contributed by atoms with Gasteiger partial charge in [0.05, 0.1) is 6.10 Å². The van der Waals surface area contributed by atoms with Gasteiger partial charge in [0.15, 0.2) is 0 Å². The molecule has 5 heteroatoms. The highest BCUT2D eigenvalue weighted by Gasteiger charge is 2.64. The predicted molar refractivity (Wildman–Crippen MR) is 113 cm³/mol. The van der Waals surface area contributed by atoms with Gasteiger partial charge in [-0.1, -0.05) is 44.1 Å². The largest absolute Gasteiger partial charge is 0.444 e. The normalized spacial score (nSPS) is 41.0. The second kappa shape index (κ2) is 8.47. The number of rotatable bonds is 2. The molecule has 1 fully saturated rings. The van der Waals surface area contributed by atoms with Crippen LogP contribution >= 0.6 is 0 Å². The van der Waals surface area contributed by atoms with Gasteiger partial charge in [-0.05, 0) is 57.4 Å². The van der Waals surface area contributed by atoms with Gasteiger partial charge in [0.1, 0.15) is 0 Å². The van der Waals surface area contributed by atoms with E-state index in [0.29, 0.717) is 12.3 Å². The number of aliphatic hydroxyl groups is 1. The van der Waals surface area contributed by atoms with Crippen LogP contribution in [0.3, 0.4) is 0 Å². The Bertz CT molecular complexity index is 750. The summed E-state index contributed by atoms with van der Waals surface area (Å²) in [6.45, 7) is 10.6. The Morgan fingerprint density at radius 2 is 2.00 bits per heavy atom. The summed E-state index contributed by atoms with van der Waals surface area (Å²) < 4.78 is 6.04. The van der Waals surface area contributed by atoms with Crippen LogP contribution in [0.2, 0.25) is 0 Å².